The Hall–Kier alpha value is -4.14. The maximum Gasteiger partial charge on any atom is 0.341 e. The third-order valence-corrected chi connectivity index (χ3v) is 3.21. The van der Waals surface area contributed by atoms with Gasteiger partial charge in [-0.1, -0.05) is 18.2 Å². The van der Waals surface area contributed by atoms with Gasteiger partial charge in [-0.2, -0.15) is 4.99 Å². The van der Waals surface area contributed by atoms with E-state index in [1.54, 1.807) is 42.5 Å². The zero-order valence-corrected chi connectivity index (χ0v) is 14.0. The summed E-state index contributed by atoms with van der Waals surface area (Å²) in [4.78, 5) is 36.9. The van der Waals surface area contributed by atoms with E-state index in [0.29, 0.717) is 22.5 Å². The number of amides is 3. The molecule has 0 fully saturated rings. The summed E-state index contributed by atoms with van der Waals surface area (Å²) in [6.07, 6.45) is 2.47. The quantitative estimate of drug-likeness (QED) is 0.308. The van der Waals surface area contributed by atoms with Gasteiger partial charge in [-0.15, -0.1) is 0 Å². The fraction of sp³-hybridized carbons (Fsp3) is 0. The predicted molar refractivity (Wildman–Crippen MR) is 102 cm³/mol. The summed E-state index contributed by atoms with van der Waals surface area (Å²) in [7, 11) is 0. The third-order valence-electron chi connectivity index (χ3n) is 3.21. The minimum atomic E-state index is -1.04. The Bertz CT molecular complexity index is 920. The van der Waals surface area contributed by atoms with Gasteiger partial charge in [-0.3, -0.25) is 4.79 Å². The van der Waals surface area contributed by atoms with E-state index < -0.39 is 12.0 Å². The highest BCUT2D eigenvalue weighted by Gasteiger charge is 2.07. The zero-order valence-electron chi connectivity index (χ0n) is 14.0. The summed E-state index contributed by atoms with van der Waals surface area (Å²) in [6, 6.07) is 12.1. The van der Waals surface area contributed by atoms with Crippen LogP contribution in [0, 0.1) is 0 Å². The molecule has 2 aromatic rings. The second-order valence-corrected chi connectivity index (χ2v) is 5.29. The normalized spacial score (nSPS) is 11.2. The van der Waals surface area contributed by atoms with Crippen molar-refractivity contribution in [2.24, 2.45) is 16.5 Å². The number of carbonyl (C=O) groups excluding carboxylic acids is 2. The maximum atomic E-state index is 12.4. The molecule has 0 saturated heterocycles. The van der Waals surface area contributed by atoms with Crippen molar-refractivity contribution in [2.45, 2.75) is 0 Å². The lowest BCUT2D eigenvalue weighted by Gasteiger charge is -2.08. The third kappa shape index (κ3) is 6.35. The smallest absolute Gasteiger partial charge is 0.341 e. The predicted octanol–water partition coefficient (Wildman–Crippen LogP) is 1.84. The van der Waals surface area contributed by atoms with Gasteiger partial charge in [0.05, 0.1) is 0 Å². The average molecular weight is 367 g/mol. The van der Waals surface area contributed by atoms with Crippen LogP contribution in [0.1, 0.15) is 15.9 Å². The molecule has 0 radical (unpaired) electrons. The zero-order chi connectivity index (χ0) is 19.8. The average Bonchev–Trinajstić information content (AvgIpc) is 2.60. The number of nitrogens with zero attached hydrogens (tertiary/aromatic N) is 1. The van der Waals surface area contributed by atoms with Gasteiger partial charge < -0.3 is 27.2 Å². The summed E-state index contributed by atoms with van der Waals surface area (Å²) < 4.78 is 0. The first-order valence-electron chi connectivity index (χ1n) is 7.66. The second kappa shape index (κ2) is 8.81. The van der Waals surface area contributed by atoms with Gasteiger partial charge in [-0.25, -0.2) is 9.59 Å². The number of rotatable bonds is 5. The Kier molecular flexibility index (Phi) is 6.26. The SMILES string of the molecule is NC(=O)N=C(N)Nc1cccc(C(=O)Nc2ccc(C=CC(=O)O)cc2)c1. The molecule has 0 unspecified atom stereocenters. The van der Waals surface area contributed by atoms with Crippen LogP contribution in [0.4, 0.5) is 16.2 Å². The number of benzene rings is 2. The number of hydrogen-bond acceptors (Lipinski definition) is 3. The van der Waals surface area contributed by atoms with Gasteiger partial charge in [0.1, 0.15) is 0 Å². The van der Waals surface area contributed by atoms with Crippen LogP contribution in [-0.2, 0) is 4.79 Å². The molecule has 3 amide bonds. The number of aliphatic carboxylic acids is 1. The van der Waals surface area contributed by atoms with E-state index >= 15 is 0 Å². The molecule has 0 aliphatic carbocycles. The molecule has 9 heteroatoms. The Morgan fingerprint density at radius 1 is 0.963 bits per heavy atom. The van der Waals surface area contributed by atoms with Crippen LogP contribution in [-0.4, -0.2) is 29.0 Å². The number of nitrogens with two attached hydrogens (primary N) is 2. The van der Waals surface area contributed by atoms with Crippen LogP contribution in [0.2, 0.25) is 0 Å². The molecule has 0 bridgehead atoms. The molecule has 7 N–H and O–H groups in total. The molecule has 0 aliphatic rings. The molecular formula is C18H17N5O4. The van der Waals surface area contributed by atoms with Crippen molar-refractivity contribution in [1.29, 1.82) is 0 Å². The highest BCUT2D eigenvalue weighted by atomic mass is 16.4. The number of carboxylic acid groups (broad SMARTS) is 1. The minimum Gasteiger partial charge on any atom is -0.478 e. The number of carbonyl (C=O) groups is 3. The van der Waals surface area contributed by atoms with Crippen molar-refractivity contribution in [3.05, 3.63) is 65.7 Å². The highest BCUT2D eigenvalue weighted by Crippen LogP contribution is 2.15. The van der Waals surface area contributed by atoms with Crippen molar-refractivity contribution in [3.63, 3.8) is 0 Å². The number of hydrogen-bond donors (Lipinski definition) is 5. The minimum absolute atomic E-state index is 0.190. The van der Waals surface area contributed by atoms with E-state index in [-0.39, 0.29) is 11.9 Å². The second-order valence-electron chi connectivity index (χ2n) is 5.29. The van der Waals surface area contributed by atoms with Gasteiger partial charge in [-0.05, 0) is 42.0 Å². The largest absolute Gasteiger partial charge is 0.478 e. The number of carboxylic acids is 1. The van der Waals surface area contributed by atoms with E-state index in [1.165, 1.54) is 12.1 Å². The topological polar surface area (TPSA) is 160 Å². The number of nitrogens with one attached hydrogen (secondary N) is 2. The van der Waals surface area contributed by atoms with E-state index in [1.807, 2.05) is 0 Å². The molecule has 0 spiro atoms. The standard InChI is InChI=1S/C18H17N5O4/c19-17(23-18(20)27)22-14-3-1-2-12(10-14)16(26)21-13-7-4-11(5-8-13)6-9-15(24)25/h1-10H,(H,21,26)(H,24,25)(H5,19,20,22,23,27). The maximum absolute atomic E-state index is 12.4. The van der Waals surface area contributed by atoms with Crippen LogP contribution >= 0.6 is 0 Å². The Morgan fingerprint density at radius 2 is 1.67 bits per heavy atom. The van der Waals surface area contributed by atoms with Crippen molar-refractivity contribution in [1.82, 2.24) is 0 Å². The van der Waals surface area contributed by atoms with Crippen LogP contribution < -0.4 is 22.1 Å². The first-order valence-corrected chi connectivity index (χ1v) is 7.66. The summed E-state index contributed by atoms with van der Waals surface area (Å²) in [6.45, 7) is 0. The number of guanidine groups is 1. The fourth-order valence-corrected chi connectivity index (χ4v) is 2.08. The van der Waals surface area contributed by atoms with E-state index in [4.69, 9.17) is 16.6 Å². The molecule has 0 atom stereocenters. The highest BCUT2D eigenvalue weighted by molar-refractivity contribution is 6.06. The van der Waals surface area contributed by atoms with E-state index in [2.05, 4.69) is 15.6 Å². The molecule has 0 heterocycles. The summed E-state index contributed by atoms with van der Waals surface area (Å²) in [5.41, 5.74) is 12.5. The van der Waals surface area contributed by atoms with Gasteiger partial charge in [0.15, 0.2) is 0 Å². The number of urea groups is 1. The molecule has 138 valence electrons. The Morgan fingerprint density at radius 3 is 2.30 bits per heavy atom. The molecule has 2 aromatic carbocycles. The Balaban J connectivity index is 2.06. The van der Waals surface area contributed by atoms with Crippen molar-refractivity contribution in [3.8, 4) is 0 Å². The molecular weight excluding hydrogens is 350 g/mol. The molecule has 9 nitrogen and oxygen atoms in total. The number of primary amides is 1. The van der Waals surface area contributed by atoms with Crippen LogP contribution in [0.15, 0.2) is 59.6 Å². The van der Waals surface area contributed by atoms with E-state index in [0.717, 1.165) is 6.08 Å². The van der Waals surface area contributed by atoms with Crippen LogP contribution in [0.25, 0.3) is 6.08 Å². The fourth-order valence-electron chi connectivity index (χ4n) is 2.08. The number of anilines is 2. The first kappa shape index (κ1) is 19.2. The van der Waals surface area contributed by atoms with E-state index in [9.17, 15) is 14.4 Å². The molecule has 0 saturated carbocycles. The molecule has 0 aromatic heterocycles. The molecule has 0 aliphatic heterocycles. The lowest BCUT2D eigenvalue weighted by Crippen LogP contribution is -2.25. The number of aliphatic imine (C=N–C) groups is 1. The summed E-state index contributed by atoms with van der Waals surface area (Å²) in [5.74, 6) is -1.59. The van der Waals surface area contributed by atoms with Gasteiger partial charge in [0, 0.05) is 23.0 Å². The molecule has 2 rings (SSSR count). The Labute approximate surface area is 154 Å². The lowest BCUT2D eigenvalue weighted by molar-refractivity contribution is -0.131. The van der Waals surface area contributed by atoms with Crippen molar-refractivity contribution in [2.75, 3.05) is 10.6 Å². The van der Waals surface area contributed by atoms with Crippen LogP contribution in [0.3, 0.4) is 0 Å². The summed E-state index contributed by atoms with van der Waals surface area (Å²) in [5, 5.41) is 14.0. The van der Waals surface area contributed by atoms with Gasteiger partial charge >= 0.3 is 12.0 Å². The lowest BCUT2D eigenvalue weighted by atomic mass is 10.1. The summed E-state index contributed by atoms with van der Waals surface area (Å²) >= 11 is 0. The first-order chi connectivity index (χ1) is 12.8. The van der Waals surface area contributed by atoms with Crippen molar-refractivity contribution >= 4 is 41.3 Å². The van der Waals surface area contributed by atoms with Crippen molar-refractivity contribution < 1.29 is 19.5 Å². The molecule has 27 heavy (non-hydrogen) atoms. The monoisotopic (exact) mass is 367 g/mol. The van der Waals surface area contributed by atoms with Crippen LogP contribution in [0.5, 0.6) is 0 Å². The van der Waals surface area contributed by atoms with Gasteiger partial charge in [0.25, 0.3) is 5.91 Å². The van der Waals surface area contributed by atoms with Gasteiger partial charge in [0.2, 0.25) is 5.96 Å².